The third-order valence-electron chi connectivity index (χ3n) is 1.60. The third-order valence-corrected chi connectivity index (χ3v) is 2.06. The van der Waals surface area contributed by atoms with Gasteiger partial charge in [-0.2, -0.15) is 0 Å². The Hall–Kier alpha value is -1.96. The summed E-state index contributed by atoms with van der Waals surface area (Å²) < 4.78 is 19.0. The van der Waals surface area contributed by atoms with Crippen molar-refractivity contribution in [2.45, 2.75) is 0 Å². The largest absolute Gasteiger partial charge is 0.514 e. The van der Waals surface area contributed by atoms with Crippen molar-refractivity contribution in [3.8, 4) is 5.75 Å². The maximum Gasteiger partial charge on any atom is 0.514 e. The number of rotatable bonds is 4. The Labute approximate surface area is 100 Å². The van der Waals surface area contributed by atoms with Gasteiger partial charge in [-0.3, -0.25) is 14.7 Å². The summed E-state index contributed by atoms with van der Waals surface area (Å²) in [5.41, 5.74) is -0.189. The highest BCUT2D eigenvalue weighted by Crippen LogP contribution is 2.34. The molecule has 9 nitrogen and oxygen atoms in total. The van der Waals surface area contributed by atoms with E-state index in [0.29, 0.717) is 0 Å². The third kappa shape index (κ3) is 4.91. The van der Waals surface area contributed by atoms with Gasteiger partial charge in [0, 0.05) is 12.1 Å². The number of nitrogens with zero attached hydrogens (tertiary/aromatic N) is 1. The molecule has 0 saturated carbocycles. The highest BCUT2D eigenvalue weighted by molar-refractivity contribution is 7.51. The SMILES string of the molecule is O=C(OCP(=O)(O)O)Oc1ccc([N+](=O)[O-])cc1. The molecule has 1 rings (SSSR count). The summed E-state index contributed by atoms with van der Waals surface area (Å²) in [4.78, 5) is 37.5. The number of ether oxygens (including phenoxy) is 2. The molecule has 0 aliphatic carbocycles. The van der Waals surface area contributed by atoms with Gasteiger partial charge in [0.2, 0.25) is 0 Å². The number of nitro groups is 1. The van der Waals surface area contributed by atoms with E-state index in [2.05, 4.69) is 9.47 Å². The Balaban J connectivity index is 2.55. The second-order valence-corrected chi connectivity index (χ2v) is 4.63. The zero-order valence-corrected chi connectivity index (χ0v) is 9.65. The van der Waals surface area contributed by atoms with Gasteiger partial charge in [0.25, 0.3) is 5.69 Å². The summed E-state index contributed by atoms with van der Waals surface area (Å²) in [6.07, 6.45) is -2.41. The second-order valence-electron chi connectivity index (χ2n) is 3.04. The first-order valence-corrected chi connectivity index (χ1v) is 6.21. The van der Waals surface area contributed by atoms with Crippen molar-refractivity contribution < 1.29 is 33.5 Å². The van der Waals surface area contributed by atoms with Gasteiger partial charge in [0.15, 0.2) is 6.35 Å². The first-order valence-electron chi connectivity index (χ1n) is 4.41. The van der Waals surface area contributed by atoms with Gasteiger partial charge in [-0.15, -0.1) is 0 Å². The van der Waals surface area contributed by atoms with Crippen LogP contribution in [0.3, 0.4) is 0 Å². The molecule has 2 N–H and O–H groups in total. The van der Waals surface area contributed by atoms with Crippen LogP contribution in [0, 0.1) is 10.1 Å². The zero-order valence-electron chi connectivity index (χ0n) is 8.75. The molecule has 0 amide bonds. The Morgan fingerprint density at radius 1 is 1.33 bits per heavy atom. The maximum atomic E-state index is 11.0. The van der Waals surface area contributed by atoms with Crippen molar-refractivity contribution in [1.29, 1.82) is 0 Å². The van der Waals surface area contributed by atoms with Gasteiger partial charge >= 0.3 is 13.8 Å². The highest BCUT2D eigenvalue weighted by Gasteiger charge is 2.17. The van der Waals surface area contributed by atoms with Crippen molar-refractivity contribution in [3.05, 3.63) is 34.4 Å². The van der Waals surface area contributed by atoms with Gasteiger partial charge in [-0.1, -0.05) is 0 Å². The van der Waals surface area contributed by atoms with Gasteiger partial charge in [-0.05, 0) is 12.1 Å². The van der Waals surface area contributed by atoms with E-state index in [0.717, 1.165) is 24.3 Å². The number of benzene rings is 1. The monoisotopic (exact) mass is 277 g/mol. The topological polar surface area (TPSA) is 136 Å². The number of carbonyl (C=O) groups is 1. The van der Waals surface area contributed by atoms with E-state index in [1.807, 2.05) is 0 Å². The molecule has 0 aliphatic heterocycles. The number of hydrogen-bond acceptors (Lipinski definition) is 6. The van der Waals surface area contributed by atoms with Crippen molar-refractivity contribution in [3.63, 3.8) is 0 Å². The van der Waals surface area contributed by atoms with Crippen LogP contribution in [-0.2, 0) is 9.30 Å². The minimum atomic E-state index is -4.46. The first-order chi connectivity index (χ1) is 8.28. The maximum absolute atomic E-state index is 11.0. The smallest absolute Gasteiger partial charge is 0.421 e. The lowest BCUT2D eigenvalue weighted by molar-refractivity contribution is -0.384. The van der Waals surface area contributed by atoms with Crippen LogP contribution in [0.2, 0.25) is 0 Å². The van der Waals surface area contributed by atoms with Crippen LogP contribution in [0.15, 0.2) is 24.3 Å². The average molecular weight is 277 g/mol. The van der Waals surface area contributed by atoms with Crippen molar-refractivity contribution in [2.75, 3.05) is 6.35 Å². The van der Waals surface area contributed by atoms with E-state index in [9.17, 15) is 19.5 Å². The standard InChI is InChI=1S/C8H8NO8P/c10-8(16-5-18(13,14)15)17-7-3-1-6(2-4-7)9(11)12/h1-4H,5H2,(H2,13,14,15). The fourth-order valence-electron chi connectivity index (χ4n) is 0.898. The quantitative estimate of drug-likeness (QED) is 0.276. The predicted molar refractivity (Wildman–Crippen MR) is 57.1 cm³/mol. The predicted octanol–water partition coefficient (Wildman–Crippen LogP) is 1.25. The van der Waals surface area contributed by atoms with Crippen LogP contribution in [0.4, 0.5) is 10.5 Å². The Bertz CT molecular complexity index is 492. The molecule has 0 unspecified atom stereocenters. The molecule has 18 heavy (non-hydrogen) atoms. The van der Waals surface area contributed by atoms with Gasteiger partial charge < -0.3 is 19.3 Å². The lowest BCUT2D eigenvalue weighted by Gasteiger charge is -2.06. The van der Waals surface area contributed by atoms with Gasteiger partial charge in [0.05, 0.1) is 4.92 Å². The fraction of sp³-hybridized carbons (Fsp3) is 0.125. The molecular formula is C8H8NO8P. The molecule has 0 aromatic heterocycles. The second kappa shape index (κ2) is 5.58. The molecular weight excluding hydrogens is 269 g/mol. The van der Waals surface area contributed by atoms with Crippen LogP contribution >= 0.6 is 7.60 Å². The van der Waals surface area contributed by atoms with E-state index in [1.54, 1.807) is 0 Å². The first kappa shape index (κ1) is 14.1. The van der Waals surface area contributed by atoms with Crippen molar-refractivity contribution in [1.82, 2.24) is 0 Å². The van der Waals surface area contributed by atoms with E-state index < -0.39 is 25.0 Å². The Kier molecular flexibility index (Phi) is 4.38. The van der Waals surface area contributed by atoms with E-state index >= 15 is 0 Å². The molecule has 0 aliphatic rings. The lowest BCUT2D eigenvalue weighted by atomic mass is 10.3. The fourth-order valence-corrected chi connectivity index (χ4v) is 1.17. The van der Waals surface area contributed by atoms with Crippen LogP contribution in [0.5, 0.6) is 5.75 Å². The molecule has 0 saturated heterocycles. The molecule has 0 fully saturated rings. The molecule has 0 atom stereocenters. The molecule has 0 radical (unpaired) electrons. The van der Waals surface area contributed by atoms with Crippen LogP contribution in [-0.4, -0.2) is 27.2 Å². The number of hydrogen-bond donors (Lipinski definition) is 2. The molecule has 0 bridgehead atoms. The van der Waals surface area contributed by atoms with Crippen LogP contribution in [0.1, 0.15) is 0 Å². The van der Waals surface area contributed by atoms with E-state index in [-0.39, 0.29) is 11.4 Å². The van der Waals surface area contributed by atoms with Crippen LogP contribution < -0.4 is 4.74 Å². The Morgan fingerprint density at radius 3 is 2.33 bits per heavy atom. The van der Waals surface area contributed by atoms with Crippen molar-refractivity contribution in [2.24, 2.45) is 0 Å². The summed E-state index contributed by atoms with van der Waals surface area (Å²) in [5, 5.41) is 10.3. The van der Waals surface area contributed by atoms with E-state index in [1.165, 1.54) is 0 Å². The minimum Gasteiger partial charge on any atom is -0.421 e. The van der Waals surface area contributed by atoms with Crippen LogP contribution in [0.25, 0.3) is 0 Å². The van der Waals surface area contributed by atoms with Gasteiger partial charge in [-0.25, -0.2) is 4.79 Å². The average Bonchev–Trinajstić information content (AvgIpc) is 2.26. The summed E-state index contributed by atoms with van der Waals surface area (Å²) in [5.74, 6) is -0.0451. The number of nitro benzene ring substituents is 1. The zero-order chi connectivity index (χ0) is 13.8. The summed E-state index contributed by atoms with van der Waals surface area (Å²) in [7, 11) is -4.46. The van der Waals surface area contributed by atoms with E-state index in [4.69, 9.17) is 9.79 Å². The normalized spacial score (nSPS) is 10.8. The minimum absolute atomic E-state index is 0.0451. The van der Waals surface area contributed by atoms with Crippen molar-refractivity contribution >= 4 is 19.4 Å². The number of non-ortho nitro benzene ring substituents is 1. The highest BCUT2D eigenvalue weighted by atomic mass is 31.2. The molecule has 0 heterocycles. The lowest BCUT2D eigenvalue weighted by Crippen LogP contribution is -2.11. The summed E-state index contributed by atoms with van der Waals surface area (Å²) in [6.45, 7) is 0. The summed E-state index contributed by atoms with van der Waals surface area (Å²) >= 11 is 0. The molecule has 1 aromatic carbocycles. The molecule has 0 spiro atoms. The molecule has 10 heteroatoms. The Morgan fingerprint density at radius 2 is 1.89 bits per heavy atom. The molecule has 98 valence electrons. The van der Waals surface area contributed by atoms with Gasteiger partial charge in [0.1, 0.15) is 5.75 Å². The molecule has 1 aromatic rings. The summed E-state index contributed by atoms with van der Waals surface area (Å²) in [6, 6.07) is 4.50. The number of carbonyl (C=O) groups excluding carboxylic acids is 1.